The van der Waals surface area contributed by atoms with Crippen molar-refractivity contribution in [3.05, 3.63) is 28.7 Å². The SMILES string of the molecule is O=C(Nc1cc[nH]c(=O)c1)C1C(=O)NC(O)NC1=O. The molecule has 1 aromatic heterocycles. The molecule has 0 bridgehead atoms. The summed E-state index contributed by atoms with van der Waals surface area (Å²) in [4.78, 5) is 48.1. The maximum atomic E-state index is 11.8. The number of H-pyrrole nitrogens is 1. The van der Waals surface area contributed by atoms with E-state index in [1.807, 2.05) is 10.6 Å². The lowest BCUT2D eigenvalue weighted by Gasteiger charge is -2.25. The minimum Gasteiger partial charge on any atom is -0.356 e. The maximum absolute atomic E-state index is 11.8. The Morgan fingerprint density at radius 3 is 2.42 bits per heavy atom. The van der Waals surface area contributed by atoms with Gasteiger partial charge in [-0.15, -0.1) is 0 Å². The van der Waals surface area contributed by atoms with Gasteiger partial charge in [0.2, 0.25) is 29.6 Å². The zero-order valence-corrected chi connectivity index (χ0v) is 9.47. The third-order valence-corrected chi connectivity index (χ3v) is 2.39. The lowest BCUT2D eigenvalue weighted by molar-refractivity contribution is -0.149. The predicted molar refractivity (Wildman–Crippen MR) is 61.5 cm³/mol. The fourth-order valence-electron chi connectivity index (χ4n) is 1.57. The van der Waals surface area contributed by atoms with Crippen LogP contribution in [0.4, 0.5) is 5.69 Å². The molecule has 2 rings (SSSR count). The summed E-state index contributed by atoms with van der Waals surface area (Å²) in [6.07, 6.45) is -0.202. The second kappa shape index (κ2) is 4.90. The molecule has 0 spiro atoms. The van der Waals surface area contributed by atoms with Crippen molar-refractivity contribution in [2.45, 2.75) is 6.35 Å². The fraction of sp³-hybridized carbons (Fsp3) is 0.200. The van der Waals surface area contributed by atoms with E-state index in [1.165, 1.54) is 12.3 Å². The van der Waals surface area contributed by atoms with Crippen molar-refractivity contribution < 1.29 is 19.5 Å². The van der Waals surface area contributed by atoms with Crippen LogP contribution >= 0.6 is 0 Å². The van der Waals surface area contributed by atoms with Crippen LogP contribution in [0.1, 0.15) is 0 Å². The number of aromatic nitrogens is 1. The van der Waals surface area contributed by atoms with Crippen LogP contribution in [-0.2, 0) is 14.4 Å². The fourth-order valence-corrected chi connectivity index (χ4v) is 1.57. The van der Waals surface area contributed by atoms with Gasteiger partial charge in [-0.2, -0.15) is 0 Å². The molecule has 5 N–H and O–H groups in total. The molecule has 19 heavy (non-hydrogen) atoms. The van der Waals surface area contributed by atoms with Crippen molar-refractivity contribution in [2.24, 2.45) is 5.92 Å². The molecular weight excluding hydrogens is 256 g/mol. The molecule has 1 saturated heterocycles. The molecule has 0 aliphatic carbocycles. The molecule has 1 aromatic rings. The first kappa shape index (κ1) is 12.8. The molecule has 0 saturated carbocycles. The average Bonchev–Trinajstić information content (AvgIpc) is 2.27. The average molecular weight is 266 g/mol. The monoisotopic (exact) mass is 266 g/mol. The summed E-state index contributed by atoms with van der Waals surface area (Å²) < 4.78 is 0. The molecule has 0 radical (unpaired) electrons. The van der Waals surface area contributed by atoms with E-state index in [0.29, 0.717) is 0 Å². The number of rotatable bonds is 2. The van der Waals surface area contributed by atoms with E-state index in [1.54, 1.807) is 0 Å². The van der Waals surface area contributed by atoms with E-state index >= 15 is 0 Å². The number of nitrogens with one attached hydrogen (secondary N) is 4. The first-order valence-electron chi connectivity index (χ1n) is 5.26. The lowest BCUT2D eigenvalue weighted by Crippen LogP contribution is -2.61. The number of carbonyl (C=O) groups is 3. The number of anilines is 1. The third-order valence-electron chi connectivity index (χ3n) is 2.39. The molecule has 1 fully saturated rings. The summed E-state index contributed by atoms with van der Waals surface area (Å²) in [5.74, 6) is -4.35. The van der Waals surface area contributed by atoms with Gasteiger partial charge in [-0.1, -0.05) is 0 Å². The largest absolute Gasteiger partial charge is 0.356 e. The topological polar surface area (TPSA) is 140 Å². The first-order valence-corrected chi connectivity index (χ1v) is 5.26. The van der Waals surface area contributed by atoms with Crippen LogP contribution in [0.2, 0.25) is 0 Å². The first-order chi connectivity index (χ1) is 8.97. The molecule has 9 heteroatoms. The Hall–Kier alpha value is -2.68. The van der Waals surface area contributed by atoms with E-state index in [9.17, 15) is 19.2 Å². The number of hydrogen-bond donors (Lipinski definition) is 5. The molecule has 9 nitrogen and oxygen atoms in total. The van der Waals surface area contributed by atoms with Crippen LogP contribution in [0.5, 0.6) is 0 Å². The van der Waals surface area contributed by atoms with Gasteiger partial charge in [-0.05, 0) is 6.07 Å². The number of carbonyl (C=O) groups excluding carboxylic acids is 3. The van der Waals surface area contributed by atoms with Gasteiger partial charge in [0.15, 0.2) is 5.92 Å². The molecular formula is C10H10N4O5. The van der Waals surface area contributed by atoms with Crippen molar-refractivity contribution >= 4 is 23.4 Å². The summed E-state index contributed by atoms with van der Waals surface area (Å²) in [6.45, 7) is 0. The molecule has 1 aliphatic rings. The molecule has 0 aromatic carbocycles. The highest BCUT2D eigenvalue weighted by molar-refractivity contribution is 6.21. The Balaban J connectivity index is 2.13. The Morgan fingerprint density at radius 2 is 1.84 bits per heavy atom. The zero-order chi connectivity index (χ0) is 14.0. The van der Waals surface area contributed by atoms with Crippen LogP contribution in [0, 0.1) is 5.92 Å². The van der Waals surface area contributed by atoms with Crippen LogP contribution in [-0.4, -0.2) is 34.2 Å². The minimum absolute atomic E-state index is 0.153. The number of amides is 3. The van der Waals surface area contributed by atoms with Crippen LogP contribution < -0.4 is 21.5 Å². The summed E-state index contributed by atoms with van der Waals surface area (Å²) in [5.41, 5.74) is -0.286. The van der Waals surface area contributed by atoms with Gasteiger partial charge in [0, 0.05) is 18.0 Å². The summed E-state index contributed by atoms with van der Waals surface area (Å²) in [6, 6.07) is 2.50. The van der Waals surface area contributed by atoms with E-state index < -0.39 is 35.6 Å². The normalized spacial score (nSPS) is 22.4. The Bertz CT molecular complexity index is 578. The Morgan fingerprint density at radius 1 is 1.21 bits per heavy atom. The van der Waals surface area contributed by atoms with E-state index in [0.717, 1.165) is 6.07 Å². The second-order valence-corrected chi connectivity index (χ2v) is 3.78. The van der Waals surface area contributed by atoms with Crippen LogP contribution in [0.15, 0.2) is 23.1 Å². The van der Waals surface area contributed by atoms with Crippen molar-refractivity contribution in [3.8, 4) is 0 Å². The quantitative estimate of drug-likeness (QED) is 0.375. The predicted octanol–water partition coefficient (Wildman–Crippen LogP) is -2.55. The highest BCUT2D eigenvalue weighted by Gasteiger charge is 2.39. The Kier molecular flexibility index (Phi) is 3.29. The van der Waals surface area contributed by atoms with Gasteiger partial charge < -0.3 is 26.0 Å². The summed E-state index contributed by atoms with van der Waals surface area (Å²) in [5, 5.41) is 15.3. The highest BCUT2D eigenvalue weighted by atomic mass is 16.3. The van der Waals surface area contributed by atoms with E-state index in [4.69, 9.17) is 5.11 Å². The summed E-state index contributed by atoms with van der Waals surface area (Å²) in [7, 11) is 0. The number of aliphatic hydroxyl groups is 1. The molecule has 3 amide bonds. The lowest BCUT2D eigenvalue weighted by atomic mass is 10.1. The number of aliphatic hydroxyl groups excluding tert-OH is 1. The van der Waals surface area contributed by atoms with Gasteiger partial charge >= 0.3 is 0 Å². The second-order valence-electron chi connectivity index (χ2n) is 3.78. The minimum atomic E-state index is -1.62. The van der Waals surface area contributed by atoms with Crippen molar-refractivity contribution in [1.29, 1.82) is 0 Å². The summed E-state index contributed by atoms with van der Waals surface area (Å²) >= 11 is 0. The van der Waals surface area contributed by atoms with E-state index in [2.05, 4.69) is 10.3 Å². The van der Waals surface area contributed by atoms with Gasteiger partial charge in [0.25, 0.3) is 0 Å². The maximum Gasteiger partial charge on any atom is 0.249 e. The molecule has 1 aliphatic heterocycles. The molecule has 100 valence electrons. The molecule has 0 atom stereocenters. The smallest absolute Gasteiger partial charge is 0.249 e. The molecule has 0 unspecified atom stereocenters. The zero-order valence-electron chi connectivity index (χ0n) is 9.47. The van der Waals surface area contributed by atoms with Gasteiger partial charge in [-0.25, -0.2) is 0 Å². The van der Waals surface area contributed by atoms with Gasteiger partial charge in [0.05, 0.1) is 0 Å². The van der Waals surface area contributed by atoms with Crippen molar-refractivity contribution in [2.75, 3.05) is 5.32 Å². The molecule has 2 heterocycles. The number of hydrogen-bond acceptors (Lipinski definition) is 5. The Labute approximate surface area is 106 Å². The highest BCUT2D eigenvalue weighted by Crippen LogP contribution is 2.08. The van der Waals surface area contributed by atoms with Gasteiger partial charge in [-0.3, -0.25) is 19.2 Å². The number of pyridine rings is 1. The van der Waals surface area contributed by atoms with Crippen molar-refractivity contribution in [3.63, 3.8) is 0 Å². The van der Waals surface area contributed by atoms with Crippen LogP contribution in [0.25, 0.3) is 0 Å². The van der Waals surface area contributed by atoms with E-state index in [-0.39, 0.29) is 5.69 Å². The third kappa shape index (κ3) is 2.77. The van der Waals surface area contributed by atoms with Crippen molar-refractivity contribution in [1.82, 2.24) is 15.6 Å². The number of aromatic amines is 1. The standard InChI is InChI=1S/C10H10N4O5/c15-5-3-4(1-2-11-5)12-7(16)6-8(17)13-10(19)14-9(6)18/h1-3,6,10,19H,(H,13,17)(H,14,18)(H2,11,12,15,16). The van der Waals surface area contributed by atoms with Crippen LogP contribution in [0.3, 0.4) is 0 Å². The van der Waals surface area contributed by atoms with Gasteiger partial charge in [0.1, 0.15) is 0 Å².